The molecule has 0 radical (unpaired) electrons. The fourth-order valence-corrected chi connectivity index (χ4v) is 5.34. The molecule has 2 heterocycles. The fourth-order valence-electron chi connectivity index (χ4n) is 3.75. The lowest BCUT2D eigenvalue weighted by molar-refractivity contribution is -0.192. The molecule has 10 nitrogen and oxygen atoms in total. The van der Waals surface area contributed by atoms with Crippen molar-refractivity contribution in [2.45, 2.75) is 48.8 Å². The molecule has 2 fully saturated rings. The van der Waals surface area contributed by atoms with Crippen molar-refractivity contribution < 1.29 is 36.3 Å². The number of carboxylic acids is 1. The average Bonchev–Trinajstić information content (AvgIpc) is 3.28. The summed E-state index contributed by atoms with van der Waals surface area (Å²) in [5.74, 6) is 3.20. The van der Waals surface area contributed by atoms with E-state index in [-0.39, 0.29) is 29.4 Å². The Bertz CT molecular complexity index is 1040. The number of piperidine rings is 1. The van der Waals surface area contributed by atoms with Gasteiger partial charge in [-0.15, -0.1) is 0 Å². The first-order chi connectivity index (χ1) is 16.3. The van der Waals surface area contributed by atoms with Gasteiger partial charge >= 0.3 is 12.1 Å². The highest BCUT2D eigenvalue weighted by Gasteiger charge is 2.38. The summed E-state index contributed by atoms with van der Waals surface area (Å²) < 4.78 is 58.7. The first-order valence-corrected chi connectivity index (χ1v) is 12.4. The standard InChI is InChI=1S/C18H24ClN5O3S.C2HF3O2/c19-14-3-5-17(6-4-14)28(26,27)22-10-7-15(8-11-22)24(21)13-18(25)23-9-1-2-16(23)12-20;3-2(4,5)1(6)7/h3-6,15-16H,1-2,7-11,13,21H2;(H,6,7). The number of hydrogen-bond acceptors (Lipinski definition) is 7. The maximum absolute atomic E-state index is 12.7. The van der Waals surface area contributed by atoms with Crippen LogP contribution in [-0.2, 0) is 19.6 Å². The Morgan fingerprint density at radius 1 is 1.17 bits per heavy atom. The van der Waals surface area contributed by atoms with E-state index in [1.807, 2.05) is 0 Å². The average molecular weight is 540 g/mol. The number of nitrogens with zero attached hydrogens (tertiary/aromatic N) is 4. The van der Waals surface area contributed by atoms with Crippen LogP contribution < -0.4 is 5.84 Å². The topological polar surface area (TPSA) is 148 Å². The van der Waals surface area contributed by atoms with E-state index in [0.29, 0.717) is 43.9 Å². The van der Waals surface area contributed by atoms with Crippen LogP contribution >= 0.6 is 11.6 Å². The number of carboxylic acid groups (broad SMARTS) is 1. The van der Waals surface area contributed by atoms with Crippen molar-refractivity contribution in [3.8, 4) is 6.07 Å². The summed E-state index contributed by atoms with van der Waals surface area (Å²) in [5, 5.41) is 18.2. The minimum atomic E-state index is -5.08. The van der Waals surface area contributed by atoms with Crippen molar-refractivity contribution in [2.75, 3.05) is 26.2 Å². The van der Waals surface area contributed by atoms with Crippen LogP contribution in [-0.4, -0.2) is 84.1 Å². The Labute approximate surface area is 205 Å². The van der Waals surface area contributed by atoms with E-state index in [1.165, 1.54) is 21.4 Å². The van der Waals surface area contributed by atoms with E-state index >= 15 is 0 Å². The van der Waals surface area contributed by atoms with E-state index in [4.69, 9.17) is 32.6 Å². The Morgan fingerprint density at radius 3 is 2.20 bits per heavy atom. The van der Waals surface area contributed by atoms with Gasteiger partial charge in [0.2, 0.25) is 15.9 Å². The van der Waals surface area contributed by atoms with Crippen molar-refractivity contribution in [1.82, 2.24) is 14.2 Å². The van der Waals surface area contributed by atoms with Crippen molar-refractivity contribution >= 4 is 33.5 Å². The molecule has 2 aliphatic rings. The Hall–Kier alpha value is -2.44. The summed E-state index contributed by atoms with van der Waals surface area (Å²) in [4.78, 5) is 23.1. The molecule has 1 aromatic rings. The van der Waals surface area contributed by atoms with Gasteiger partial charge in [-0.05, 0) is 49.9 Å². The Balaban J connectivity index is 0.000000540. The second kappa shape index (κ2) is 12.0. The normalized spacial score (nSPS) is 19.7. The Morgan fingerprint density at radius 2 is 1.71 bits per heavy atom. The highest BCUT2D eigenvalue weighted by atomic mass is 35.5. The van der Waals surface area contributed by atoms with Gasteiger partial charge in [-0.2, -0.15) is 22.7 Å². The van der Waals surface area contributed by atoms with Crippen molar-refractivity contribution in [2.24, 2.45) is 5.84 Å². The lowest BCUT2D eigenvalue weighted by Gasteiger charge is -2.36. The number of amides is 1. The van der Waals surface area contributed by atoms with Gasteiger partial charge in [0.25, 0.3) is 0 Å². The molecule has 15 heteroatoms. The number of alkyl halides is 3. The van der Waals surface area contributed by atoms with Gasteiger partial charge in [0, 0.05) is 30.7 Å². The van der Waals surface area contributed by atoms with Crippen LogP contribution in [0.25, 0.3) is 0 Å². The van der Waals surface area contributed by atoms with E-state index in [1.54, 1.807) is 17.0 Å². The van der Waals surface area contributed by atoms with Crippen LogP contribution in [0.15, 0.2) is 29.2 Å². The predicted molar refractivity (Wildman–Crippen MR) is 118 cm³/mol. The number of likely N-dealkylation sites (tertiary alicyclic amines) is 1. The van der Waals surface area contributed by atoms with E-state index in [9.17, 15) is 26.4 Å². The van der Waals surface area contributed by atoms with E-state index < -0.39 is 22.2 Å². The molecule has 1 aromatic carbocycles. The quantitative estimate of drug-likeness (QED) is 0.425. The zero-order valence-corrected chi connectivity index (χ0v) is 20.1. The molecule has 0 aromatic heterocycles. The third kappa shape index (κ3) is 7.77. The van der Waals surface area contributed by atoms with Gasteiger partial charge in [0.1, 0.15) is 6.04 Å². The first-order valence-electron chi connectivity index (χ1n) is 10.5. The molecular formula is C20H25ClF3N5O5S. The third-order valence-electron chi connectivity index (χ3n) is 5.63. The number of sulfonamides is 1. The number of halogens is 4. The number of carbonyl (C=O) groups is 2. The van der Waals surface area contributed by atoms with Crippen molar-refractivity contribution in [1.29, 1.82) is 5.26 Å². The van der Waals surface area contributed by atoms with Crippen molar-refractivity contribution in [3.05, 3.63) is 29.3 Å². The second-order valence-corrected chi connectivity index (χ2v) is 10.3. The number of carbonyl (C=O) groups excluding carboxylic acids is 1. The number of aliphatic carboxylic acids is 1. The largest absolute Gasteiger partial charge is 0.490 e. The van der Waals surface area contributed by atoms with Gasteiger partial charge in [-0.1, -0.05) is 11.6 Å². The molecule has 0 bridgehead atoms. The Kier molecular flexibility index (Phi) is 9.87. The number of hydrazine groups is 1. The maximum atomic E-state index is 12.7. The summed E-state index contributed by atoms with van der Waals surface area (Å²) in [6.45, 7) is 1.29. The number of hydrogen-bond donors (Lipinski definition) is 2. The molecule has 0 spiro atoms. The summed E-state index contributed by atoms with van der Waals surface area (Å²) in [5.41, 5.74) is 0. The molecule has 1 atom stereocenters. The summed E-state index contributed by atoms with van der Waals surface area (Å²) in [6, 6.07) is 7.82. The molecule has 35 heavy (non-hydrogen) atoms. The lowest BCUT2D eigenvalue weighted by Crippen LogP contribution is -2.53. The highest BCUT2D eigenvalue weighted by Crippen LogP contribution is 2.24. The fraction of sp³-hybridized carbons (Fsp3) is 0.550. The molecule has 1 amide bonds. The smallest absolute Gasteiger partial charge is 0.475 e. The minimum absolute atomic E-state index is 0.0345. The van der Waals surface area contributed by atoms with Crippen LogP contribution in [0.3, 0.4) is 0 Å². The zero-order valence-electron chi connectivity index (χ0n) is 18.5. The van der Waals surface area contributed by atoms with Crippen LogP contribution in [0, 0.1) is 11.3 Å². The molecule has 2 saturated heterocycles. The summed E-state index contributed by atoms with van der Waals surface area (Å²) >= 11 is 5.83. The second-order valence-electron chi connectivity index (χ2n) is 7.94. The number of nitrogens with two attached hydrogens (primary N) is 1. The third-order valence-corrected chi connectivity index (χ3v) is 7.79. The highest BCUT2D eigenvalue weighted by molar-refractivity contribution is 7.89. The van der Waals surface area contributed by atoms with Gasteiger partial charge < -0.3 is 10.0 Å². The number of benzene rings is 1. The lowest BCUT2D eigenvalue weighted by atomic mass is 10.1. The number of nitriles is 1. The van der Waals surface area contributed by atoms with Crippen LogP contribution in [0.1, 0.15) is 25.7 Å². The van der Waals surface area contributed by atoms with Crippen LogP contribution in [0.5, 0.6) is 0 Å². The molecule has 3 N–H and O–H groups in total. The van der Waals surface area contributed by atoms with Crippen molar-refractivity contribution in [3.63, 3.8) is 0 Å². The summed E-state index contributed by atoms with van der Waals surface area (Å²) in [7, 11) is -3.57. The van der Waals surface area contributed by atoms with Gasteiger partial charge in [0.15, 0.2) is 0 Å². The summed E-state index contributed by atoms with van der Waals surface area (Å²) in [6.07, 6.45) is -2.47. The molecule has 0 saturated carbocycles. The predicted octanol–water partition coefficient (Wildman–Crippen LogP) is 1.82. The maximum Gasteiger partial charge on any atom is 0.490 e. The molecule has 0 aliphatic carbocycles. The van der Waals surface area contributed by atoms with E-state index in [0.717, 1.165) is 6.42 Å². The monoisotopic (exact) mass is 539 g/mol. The SMILES string of the molecule is N#CC1CCCN1C(=O)CN(N)C1CCN(S(=O)(=O)c2ccc(Cl)cc2)CC1.O=C(O)C(F)(F)F. The zero-order chi connectivity index (χ0) is 26.4. The molecule has 3 rings (SSSR count). The molecule has 194 valence electrons. The van der Waals surface area contributed by atoms with Crippen LogP contribution in [0.4, 0.5) is 13.2 Å². The first kappa shape index (κ1) is 28.8. The number of rotatable bonds is 5. The van der Waals surface area contributed by atoms with Gasteiger partial charge in [0.05, 0.1) is 17.5 Å². The van der Waals surface area contributed by atoms with Gasteiger partial charge in [-0.3, -0.25) is 10.6 Å². The molecule has 2 aliphatic heterocycles. The minimum Gasteiger partial charge on any atom is -0.475 e. The van der Waals surface area contributed by atoms with Gasteiger partial charge in [-0.25, -0.2) is 18.2 Å². The molecular weight excluding hydrogens is 515 g/mol. The molecule has 1 unspecified atom stereocenters. The van der Waals surface area contributed by atoms with E-state index in [2.05, 4.69) is 6.07 Å². The van der Waals surface area contributed by atoms with Crippen LogP contribution in [0.2, 0.25) is 5.02 Å².